The molecule has 1 rings (SSSR count). The van der Waals surface area contributed by atoms with Crippen molar-refractivity contribution in [2.75, 3.05) is 46.9 Å². The van der Waals surface area contributed by atoms with Crippen molar-refractivity contribution in [3.63, 3.8) is 0 Å². The van der Waals surface area contributed by atoms with Crippen LogP contribution in [0.1, 0.15) is 39.5 Å². The Morgan fingerprint density at radius 3 is 2.38 bits per heavy atom. The van der Waals surface area contributed by atoms with Crippen LogP contribution >= 0.6 is 24.0 Å². The lowest BCUT2D eigenvalue weighted by atomic mass is 9.89. The van der Waals surface area contributed by atoms with E-state index in [0.717, 1.165) is 51.6 Å². The van der Waals surface area contributed by atoms with Gasteiger partial charge in [-0.3, -0.25) is 4.99 Å². The average Bonchev–Trinajstić information content (AvgIpc) is 2.46. The molecule has 0 bridgehead atoms. The molecular weight excluding hydrogens is 379 g/mol. The molecule has 0 amide bonds. The Morgan fingerprint density at radius 2 is 1.86 bits per heavy atom. The highest BCUT2D eigenvalue weighted by atomic mass is 127. The van der Waals surface area contributed by atoms with Crippen LogP contribution in [-0.2, 0) is 4.74 Å². The van der Waals surface area contributed by atoms with Gasteiger partial charge < -0.3 is 20.3 Å². The van der Waals surface area contributed by atoms with Gasteiger partial charge >= 0.3 is 0 Å². The largest absolute Gasteiger partial charge is 0.381 e. The fourth-order valence-corrected chi connectivity index (χ4v) is 2.45. The maximum Gasteiger partial charge on any atom is 0.191 e. The Balaban J connectivity index is 0.00000400. The van der Waals surface area contributed by atoms with Crippen LogP contribution in [0, 0.1) is 0 Å². The maximum atomic E-state index is 5.50. The molecule has 0 aromatic rings. The van der Waals surface area contributed by atoms with E-state index in [1.807, 2.05) is 0 Å². The van der Waals surface area contributed by atoms with Gasteiger partial charge in [-0.2, -0.15) is 0 Å². The summed E-state index contributed by atoms with van der Waals surface area (Å²) in [6.45, 7) is 8.70. The standard InChI is InChI=1S/C15H32N4O.HI/c1-5-7-10-17-14(16-6-2)18-13-15(19(3)4)8-11-20-12-9-15;/h5-13H2,1-4H3,(H2,16,17,18);1H. The Kier molecular flexibility index (Phi) is 11.4. The van der Waals surface area contributed by atoms with Crippen LogP contribution in [0.15, 0.2) is 4.99 Å². The summed E-state index contributed by atoms with van der Waals surface area (Å²) < 4.78 is 5.50. The van der Waals surface area contributed by atoms with E-state index in [1.165, 1.54) is 12.8 Å². The van der Waals surface area contributed by atoms with E-state index in [9.17, 15) is 0 Å². The summed E-state index contributed by atoms with van der Waals surface area (Å²) in [5.74, 6) is 0.939. The molecule has 5 nitrogen and oxygen atoms in total. The Bertz CT molecular complexity index is 291. The summed E-state index contributed by atoms with van der Waals surface area (Å²) in [5.41, 5.74) is 0.144. The summed E-state index contributed by atoms with van der Waals surface area (Å²) >= 11 is 0. The van der Waals surface area contributed by atoms with Crippen LogP contribution in [0.2, 0.25) is 0 Å². The second kappa shape index (κ2) is 11.5. The zero-order valence-electron chi connectivity index (χ0n) is 14.1. The minimum Gasteiger partial charge on any atom is -0.381 e. The predicted octanol–water partition coefficient (Wildman–Crippen LogP) is 2.07. The molecule has 1 saturated heterocycles. The zero-order chi connectivity index (χ0) is 14.8. The van der Waals surface area contributed by atoms with Crippen LogP contribution in [-0.4, -0.2) is 63.3 Å². The number of halogens is 1. The van der Waals surface area contributed by atoms with Gasteiger partial charge in [-0.1, -0.05) is 13.3 Å². The summed E-state index contributed by atoms with van der Waals surface area (Å²) in [4.78, 5) is 7.11. The number of hydrogen-bond donors (Lipinski definition) is 2. The monoisotopic (exact) mass is 412 g/mol. The number of unbranched alkanes of at least 4 members (excludes halogenated alkanes) is 1. The third-order valence-electron chi connectivity index (χ3n) is 4.07. The number of ether oxygens (including phenoxy) is 1. The van der Waals surface area contributed by atoms with Crippen LogP contribution < -0.4 is 10.6 Å². The zero-order valence-corrected chi connectivity index (χ0v) is 16.4. The molecule has 126 valence electrons. The average molecular weight is 412 g/mol. The van der Waals surface area contributed by atoms with Gasteiger partial charge in [0.2, 0.25) is 0 Å². The quantitative estimate of drug-likeness (QED) is 0.291. The lowest BCUT2D eigenvalue weighted by molar-refractivity contribution is -0.00254. The molecule has 0 saturated carbocycles. The van der Waals surface area contributed by atoms with Crippen molar-refractivity contribution in [2.45, 2.75) is 45.1 Å². The van der Waals surface area contributed by atoms with Gasteiger partial charge in [0.05, 0.1) is 6.54 Å². The van der Waals surface area contributed by atoms with Crippen molar-refractivity contribution in [3.05, 3.63) is 0 Å². The first-order valence-corrected chi connectivity index (χ1v) is 7.92. The van der Waals surface area contributed by atoms with E-state index in [0.29, 0.717) is 0 Å². The summed E-state index contributed by atoms with van der Waals surface area (Å²) in [5, 5.41) is 6.73. The Hall–Kier alpha value is -0.0800. The van der Waals surface area contributed by atoms with Gasteiger partial charge in [-0.05, 0) is 40.3 Å². The van der Waals surface area contributed by atoms with Gasteiger partial charge in [0.25, 0.3) is 0 Å². The van der Waals surface area contributed by atoms with Crippen molar-refractivity contribution in [3.8, 4) is 0 Å². The highest BCUT2D eigenvalue weighted by Crippen LogP contribution is 2.26. The van der Waals surface area contributed by atoms with Crippen molar-refractivity contribution in [2.24, 2.45) is 4.99 Å². The lowest BCUT2D eigenvalue weighted by Gasteiger charge is -2.41. The molecule has 0 aromatic carbocycles. The van der Waals surface area contributed by atoms with E-state index in [1.54, 1.807) is 0 Å². The number of likely N-dealkylation sites (N-methyl/N-ethyl adjacent to an activating group) is 1. The SMILES string of the molecule is CCCCNC(=NCC1(N(C)C)CCOCC1)NCC.I. The first kappa shape index (κ1) is 20.9. The van der Waals surface area contributed by atoms with Crippen molar-refractivity contribution < 1.29 is 4.74 Å². The molecule has 0 unspecified atom stereocenters. The first-order valence-electron chi connectivity index (χ1n) is 7.92. The van der Waals surface area contributed by atoms with Crippen LogP contribution in [0.4, 0.5) is 0 Å². The third kappa shape index (κ3) is 7.15. The predicted molar refractivity (Wildman–Crippen MR) is 101 cm³/mol. The smallest absolute Gasteiger partial charge is 0.191 e. The molecule has 0 radical (unpaired) electrons. The van der Waals surface area contributed by atoms with E-state index in [-0.39, 0.29) is 29.5 Å². The highest BCUT2D eigenvalue weighted by molar-refractivity contribution is 14.0. The van der Waals surface area contributed by atoms with Crippen molar-refractivity contribution >= 4 is 29.9 Å². The molecule has 1 aliphatic heterocycles. The lowest BCUT2D eigenvalue weighted by Crippen LogP contribution is -2.51. The van der Waals surface area contributed by atoms with Crippen molar-refractivity contribution in [1.82, 2.24) is 15.5 Å². The molecule has 0 aliphatic carbocycles. The van der Waals surface area contributed by atoms with E-state index >= 15 is 0 Å². The summed E-state index contributed by atoms with van der Waals surface area (Å²) in [7, 11) is 4.30. The Morgan fingerprint density at radius 1 is 1.19 bits per heavy atom. The molecular formula is C15H33IN4O. The van der Waals surface area contributed by atoms with Gasteiger partial charge in [-0.25, -0.2) is 0 Å². The minimum absolute atomic E-state index is 0. The van der Waals surface area contributed by atoms with E-state index in [4.69, 9.17) is 9.73 Å². The minimum atomic E-state index is 0. The fraction of sp³-hybridized carbons (Fsp3) is 0.933. The van der Waals surface area contributed by atoms with E-state index < -0.39 is 0 Å². The number of nitrogens with zero attached hydrogens (tertiary/aromatic N) is 2. The molecule has 0 aromatic heterocycles. The van der Waals surface area contributed by atoms with E-state index in [2.05, 4.69) is 43.5 Å². The molecule has 1 heterocycles. The van der Waals surface area contributed by atoms with Crippen LogP contribution in [0.25, 0.3) is 0 Å². The van der Waals surface area contributed by atoms with Gasteiger partial charge in [-0.15, -0.1) is 24.0 Å². The summed E-state index contributed by atoms with van der Waals surface area (Å²) in [6, 6.07) is 0. The third-order valence-corrected chi connectivity index (χ3v) is 4.07. The molecule has 2 N–H and O–H groups in total. The molecule has 1 aliphatic rings. The Labute approximate surface area is 147 Å². The topological polar surface area (TPSA) is 48.9 Å². The number of nitrogens with one attached hydrogen (secondary N) is 2. The van der Waals surface area contributed by atoms with Crippen LogP contribution in [0.5, 0.6) is 0 Å². The molecule has 0 atom stereocenters. The van der Waals surface area contributed by atoms with Gasteiger partial charge in [0.1, 0.15) is 0 Å². The highest BCUT2D eigenvalue weighted by Gasteiger charge is 2.34. The molecule has 0 spiro atoms. The van der Waals surface area contributed by atoms with Crippen LogP contribution in [0.3, 0.4) is 0 Å². The van der Waals surface area contributed by atoms with Gasteiger partial charge in [0.15, 0.2) is 5.96 Å². The molecule has 1 fully saturated rings. The number of rotatable bonds is 7. The normalized spacial score (nSPS) is 18.2. The fourth-order valence-electron chi connectivity index (χ4n) is 2.45. The number of hydrogen-bond acceptors (Lipinski definition) is 3. The molecule has 6 heteroatoms. The van der Waals surface area contributed by atoms with Crippen molar-refractivity contribution in [1.29, 1.82) is 0 Å². The number of aliphatic imine (C=N–C) groups is 1. The second-order valence-electron chi connectivity index (χ2n) is 5.71. The maximum absolute atomic E-state index is 5.50. The van der Waals surface area contributed by atoms with Gasteiger partial charge in [0, 0.05) is 31.8 Å². The first-order chi connectivity index (χ1) is 9.64. The number of guanidine groups is 1. The summed E-state index contributed by atoms with van der Waals surface area (Å²) in [6.07, 6.45) is 4.48. The molecule has 21 heavy (non-hydrogen) atoms. The second-order valence-corrected chi connectivity index (χ2v) is 5.71.